The zero-order valence-corrected chi connectivity index (χ0v) is 3.96. The summed E-state index contributed by atoms with van der Waals surface area (Å²) in [6.07, 6.45) is 0. The van der Waals surface area contributed by atoms with Gasteiger partial charge in [-0.15, -0.1) is 0 Å². The second-order valence-electron chi connectivity index (χ2n) is 0.597. The molecule has 0 fully saturated rings. The van der Waals surface area contributed by atoms with Gasteiger partial charge in [0.05, 0.1) is 0 Å². The summed E-state index contributed by atoms with van der Waals surface area (Å²) in [6, 6.07) is 0. The Labute approximate surface area is 35.3 Å². The van der Waals surface area contributed by atoms with E-state index in [-0.39, 0.29) is 4.83 Å². The minimum Gasteiger partial charge on any atom is -0.0891 e. The maximum absolute atomic E-state index is 3.44. The van der Waals surface area contributed by atoms with Gasteiger partial charge in [0.15, 0.2) is 0 Å². The van der Waals surface area contributed by atoms with E-state index < -0.39 is 0 Å². The minimum atomic E-state index is 0.146. The third-order valence-corrected chi connectivity index (χ3v) is 0. The Morgan fingerprint density at radius 2 is 1.50 bits per heavy atom. The van der Waals surface area contributed by atoms with Crippen LogP contribution in [0.15, 0.2) is 0 Å². The third kappa shape index (κ3) is 23.6. The van der Waals surface area contributed by atoms with Crippen molar-refractivity contribution in [3.05, 3.63) is 13.8 Å². The quantitative estimate of drug-likeness (QED) is 0.425. The standard InChI is InChI=1S/C3H5Br/c1-3(2)4/h3H,1-2H2. The van der Waals surface area contributed by atoms with Crippen LogP contribution in [0.25, 0.3) is 0 Å². The van der Waals surface area contributed by atoms with Gasteiger partial charge in [-0.1, -0.05) is 15.9 Å². The topological polar surface area (TPSA) is 0 Å². The maximum Gasteiger partial charge on any atom is 0.0146 e. The van der Waals surface area contributed by atoms with Crippen molar-refractivity contribution in [2.24, 2.45) is 0 Å². The van der Waals surface area contributed by atoms with Gasteiger partial charge in [-0.05, 0) is 13.8 Å². The van der Waals surface area contributed by atoms with Crippen LogP contribution < -0.4 is 0 Å². The van der Waals surface area contributed by atoms with Crippen molar-refractivity contribution in [2.45, 2.75) is 4.83 Å². The average Bonchev–Trinajstić information content (AvgIpc) is 0.811. The van der Waals surface area contributed by atoms with Crippen molar-refractivity contribution in [3.8, 4) is 0 Å². The summed E-state index contributed by atoms with van der Waals surface area (Å²) in [6.45, 7) is 6.89. The first kappa shape index (κ1) is 4.48. The Kier molecular flexibility index (Phi) is 1.98. The summed E-state index contributed by atoms with van der Waals surface area (Å²) in [4.78, 5) is 0.146. The maximum atomic E-state index is 3.44. The molecule has 0 aliphatic heterocycles. The second-order valence-corrected chi connectivity index (χ2v) is 1.89. The van der Waals surface area contributed by atoms with Crippen LogP contribution in [0.1, 0.15) is 0 Å². The molecule has 0 saturated carbocycles. The Bertz CT molecular complexity index is 8.00. The molecule has 24 valence electrons. The molecule has 0 amide bonds. The molecule has 0 unspecified atom stereocenters. The zero-order valence-electron chi connectivity index (χ0n) is 2.37. The molecule has 0 saturated heterocycles. The first-order valence-corrected chi connectivity index (χ1v) is 1.95. The smallest absolute Gasteiger partial charge is 0.0146 e. The number of hydrogen-bond donors (Lipinski definition) is 0. The van der Waals surface area contributed by atoms with E-state index in [9.17, 15) is 0 Å². The van der Waals surface area contributed by atoms with E-state index in [2.05, 4.69) is 29.8 Å². The molecule has 0 bridgehead atoms. The summed E-state index contributed by atoms with van der Waals surface area (Å²) in [5.74, 6) is 0. The lowest BCUT2D eigenvalue weighted by atomic mass is 10.6. The zero-order chi connectivity index (χ0) is 3.58. The highest BCUT2D eigenvalue weighted by atomic mass is 79.9. The molecule has 2 radical (unpaired) electrons. The van der Waals surface area contributed by atoms with E-state index in [1.807, 2.05) is 0 Å². The van der Waals surface area contributed by atoms with Crippen molar-refractivity contribution < 1.29 is 0 Å². The largest absolute Gasteiger partial charge is 0.0891 e. The molecule has 0 aromatic rings. The molecule has 0 aromatic heterocycles. The Morgan fingerprint density at radius 1 is 1.50 bits per heavy atom. The van der Waals surface area contributed by atoms with Crippen LogP contribution in [0.5, 0.6) is 0 Å². The van der Waals surface area contributed by atoms with Crippen molar-refractivity contribution in [2.75, 3.05) is 0 Å². The summed E-state index contributed by atoms with van der Waals surface area (Å²) in [5, 5.41) is 0. The van der Waals surface area contributed by atoms with Gasteiger partial charge in [0.1, 0.15) is 0 Å². The fourth-order valence-electron chi connectivity index (χ4n) is 0. The number of alkyl halides is 1. The third-order valence-electron chi connectivity index (χ3n) is 0. The van der Waals surface area contributed by atoms with Crippen LogP contribution >= 0.6 is 15.9 Å². The van der Waals surface area contributed by atoms with Gasteiger partial charge in [0.25, 0.3) is 0 Å². The molecule has 0 atom stereocenters. The van der Waals surface area contributed by atoms with Gasteiger partial charge >= 0.3 is 0 Å². The number of rotatable bonds is 0. The Hall–Kier alpha value is 0.480. The van der Waals surface area contributed by atoms with Gasteiger partial charge in [0, 0.05) is 4.83 Å². The lowest BCUT2D eigenvalue weighted by molar-refractivity contribution is 1.47. The normalized spacial score (nSPS) is 9.00. The Balaban J connectivity index is 2.32. The summed E-state index contributed by atoms with van der Waals surface area (Å²) >= 11 is 3.05. The molecule has 0 aromatic carbocycles. The molecule has 0 spiro atoms. The van der Waals surface area contributed by atoms with E-state index in [1.54, 1.807) is 0 Å². The van der Waals surface area contributed by atoms with Gasteiger partial charge in [-0.25, -0.2) is 0 Å². The molecular formula is C3H5Br. The fourth-order valence-corrected chi connectivity index (χ4v) is 0. The summed E-state index contributed by atoms with van der Waals surface area (Å²) in [7, 11) is 0. The van der Waals surface area contributed by atoms with E-state index in [4.69, 9.17) is 0 Å². The van der Waals surface area contributed by atoms with E-state index in [0.717, 1.165) is 0 Å². The summed E-state index contributed by atoms with van der Waals surface area (Å²) in [5.41, 5.74) is 0. The SMILES string of the molecule is [CH2]C([CH2])Br. The molecule has 0 heterocycles. The minimum absolute atomic E-state index is 0.146. The highest BCUT2D eigenvalue weighted by Gasteiger charge is 1.71. The number of halogens is 1. The first-order valence-electron chi connectivity index (χ1n) is 1.03. The highest BCUT2D eigenvalue weighted by molar-refractivity contribution is 9.09. The predicted octanol–water partition coefficient (Wildman–Crippen LogP) is 1.42. The monoisotopic (exact) mass is 120 g/mol. The average molecular weight is 121 g/mol. The van der Waals surface area contributed by atoms with Gasteiger partial charge in [-0.3, -0.25) is 0 Å². The van der Waals surface area contributed by atoms with Crippen molar-refractivity contribution >= 4 is 15.9 Å². The van der Waals surface area contributed by atoms with E-state index in [0.29, 0.717) is 0 Å². The van der Waals surface area contributed by atoms with Crippen LogP contribution in [0.3, 0.4) is 0 Å². The van der Waals surface area contributed by atoms with Crippen LogP contribution in [0.4, 0.5) is 0 Å². The second kappa shape index (κ2) is 1.77. The molecule has 4 heavy (non-hydrogen) atoms. The number of hydrogen-bond acceptors (Lipinski definition) is 0. The first-order chi connectivity index (χ1) is 1.73. The molecule has 0 aliphatic rings. The molecule has 0 N–H and O–H groups in total. The molecule has 1 heteroatoms. The van der Waals surface area contributed by atoms with Crippen LogP contribution in [0, 0.1) is 13.8 Å². The highest BCUT2D eigenvalue weighted by Crippen LogP contribution is 1.88. The lowest BCUT2D eigenvalue weighted by Crippen LogP contribution is -1.71. The van der Waals surface area contributed by atoms with Gasteiger partial charge in [0.2, 0.25) is 0 Å². The van der Waals surface area contributed by atoms with E-state index >= 15 is 0 Å². The summed E-state index contributed by atoms with van der Waals surface area (Å²) < 4.78 is 0. The fraction of sp³-hybridized carbons (Fsp3) is 0.333. The molecule has 0 rings (SSSR count). The lowest BCUT2D eigenvalue weighted by Gasteiger charge is -1.75. The molecular weight excluding hydrogens is 116 g/mol. The molecule has 0 nitrogen and oxygen atoms in total. The van der Waals surface area contributed by atoms with Crippen LogP contribution in [0.2, 0.25) is 0 Å². The molecule has 0 aliphatic carbocycles. The predicted molar refractivity (Wildman–Crippen MR) is 23.4 cm³/mol. The van der Waals surface area contributed by atoms with Crippen LogP contribution in [-0.4, -0.2) is 4.83 Å². The van der Waals surface area contributed by atoms with Gasteiger partial charge in [-0.2, -0.15) is 0 Å². The van der Waals surface area contributed by atoms with Crippen molar-refractivity contribution in [3.63, 3.8) is 0 Å². The van der Waals surface area contributed by atoms with Gasteiger partial charge < -0.3 is 0 Å². The van der Waals surface area contributed by atoms with Crippen LogP contribution in [-0.2, 0) is 0 Å². The van der Waals surface area contributed by atoms with Crippen molar-refractivity contribution in [1.82, 2.24) is 0 Å². The Morgan fingerprint density at radius 3 is 1.50 bits per heavy atom. The van der Waals surface area contributed by atoms with E-state index in [1.165, 1.54) is 0 Å². The van der Waals surface area contributed by atoms with Crippen molar-refractivity contribution in [1.29, 1.82) is 0 Å².